The zero-order valence-electron chi connectivity index (χ0n) is 15.4. The summed E-state index contributed by atoms with van der Waals surface area (Å²) in [5.74, 6) is 0.809. The average Bonchev–Trinajstić information content (AvgIpc) is 2.97. The van der Waals surface area contributed by atoms with Gasteiger partial charge in [-0.1, -0.05) is 6.07 Å². The molecular weight excluding hydrogens is 338 g/mol. The largest absolute Gasteiger partial charge is 0.444 e. The van der Waals surface area contributed by atoms with Gasteiger partial charge in [0.15, 0.2) is 0 Å². The van der Waals surface area contributed by atoms with Crippen molar-refractivity contribution < 1.29 is 19.1 Å². The van der Waals surface area contributed by atoms with Crippen LogP contribution in [-0.2, 0) is 22.4 Å². The van der Waals surface area contributed by atoms with Crippen molar-refractivity contribution in [1.82, 2.24) is 5.32 Å². The third-order valence-corrected chi connectivity index (χ3v) is 4.52. The van der Waals surface area contributed by atoms with Crippen LogP contribution in [0.1, 0.15) is 44.7 Å². The normalized spacial score (nSPS) is 14.6. The Bertz CT molecular complexity index is 624. The van der Waals surface area contributed by atoms with E-state index in [2.05, 4.69) is 5.32 Å². The van der Waals surface area contributed by atoms with Crippen molar-refractivity contribution in [2.24, 2.45) is 0 Å². The second-order valence-electron chi connectivity index (χ2n) is 7.19. The zero-order valence-corrected chi connectivity index (χ0v) is 16.2. The van der Waals surface area contributed by atoms with Crippen LogP contribution in [0, 0.1) is 0 Å². The molecule has 0 aromatic heterocycles. The smallest absolute Gasteiger partial charge is 0.408 e. The molecule has 0 fully saturated rings. The van der Waals surface area contributed by atoms with Gasteiger partial charge in [-0.2, -0.15) is 11.8 Å². The van der Waals surface area contributed by atoms with Gasteiger partial charge in [0.25, 0.3) is 0 Å². The van der Waals surface area contributed by atoms with E-state index in [1.807, 2.05) is 24.5 Å². The zero-order chi connectivity index (χ0) is 18.4. The Morgan fingerprint density at radius 2 is 1.96 bits per heavy atom. The summed E-state index contributed by atoms with van der Waals surface area (Å²) in [5.41, 5.74) is 1.95. The number of carbonyl (C=O) groups is 2. The van der Waals surface area contributed by atoms with Gasteiger partial charge >= 0.3 is 12.1 Å². The first kappa shape index (κ1) is 19.6. The first-order valence-electron chi connectivity index (χ1n) is 8.60. The lowest BCUT2D eigenvalue weighted by Crippen LogP contribution is -2.45. The van der Waals surface area contributed by atoms with Crippen LogP contribution >= 0.6 is 11.8 Å². The van der Waals surface area contributed by atoms with Crippen LogP contribution in [0.5, 0.6) is 5.75 Å². The molecule has 5 nitrogen and oxygen atoms in total. The Balaban J connectivity index is 2.00. The van der Waals surface area contributed by atoms with Crippen LogP contribution in [0.2, 0.25) is 0 Å². The number of fused-ring (bicyclic) bond motifs is 1. The molecule has 0 spiro atoms. The van der Waals surface area contributed by atoms with Gasteiger partial charge < -0.3 is 14.8 Å². The van der Waals surface area contributed by atoms with E-state index in [9.17, 15) is 9.59 Å². The highest BCUT2D eigenvalue weighted by Gasteiger charge is 2.26. The fraction of sp³-hybridized carbons (Fsp3) is 0.579. The number of nitrogens with one attached hydrogen (secondary N) is 1. The predicted molar refractivity (Wildman–Crippen MR) is 100 cm³/mol. The molecule has 1 aliphatic rings. The van der Waals surface area contributed by atoms with Crippen LogP contribution in [0.15, 0.2) is 18.2 Å². The number of alkyl carbamates (subject to hydrolysis) is 1. The summed E-state index contributed by atoms with van der Waals surface area (Å²) < 4.78 is 10.8. The third kappa shape index (κ3) is 6.27. The summed E-state index contributed by atoms with van der Waals surface area (Å²) in [5, 5.41) is 2.63. The molecule has 25 heavy (non-hydrogen) atoms. The topological polar surface area (TPSA) is 64.6 Å². The van der Waals surface area contributed by atoms with Gasteiger partial charge in [-0.3, -0.25) is 0 Å². The summed E-state index contributed by atoms with van der Waals surface area (Å²) in [6, 6.07) is 5.04. The number of thioether (sulfide) groups is 1. The monoisotopic (exact) mass is 365 g/mol. The SMILES string of the molecule is CSCC[C@H](NC(=O)OC(C)(C)C)C(=O)Oc1ccc2c(c1)CCC2. The molecule has 0 saturated heterocycles. The van der Waals surface area contributed by atoms with Crippen molar-refractivity contribution in [2.75, 3.05) is 12.0 Å². The third-order valence-electron chi connectivity index (χ3n) is 3.87. The Hall–Kier alpha value is -1.69. The molecule has 2 rings (SSSR count). The highest BCUT2D eigenvalue weighted by atomic mass is 32.2. The number of benzene rings is 1. The maximum atomic E-state index is 12.5. The number of hydrogen-bond donors (Lipinski definition) is 1. The molecule has 1 atom stereocenters. The van der Waals surface area contributed by atoms with E-state index in [4.69, 9.17) is 9.47 Å². The van der Waals surface area contributed by atoms with Crippen LogP contribution in [0.4, 0.5) is 4.79 Å². The average molecular weight is 365 g/mol. The Kier molecular flexibility index (Phi) is 6.76. The second kappa shape index (κ2) is 8.61. The number of carbonyl (C=O) groups excluding carboxylic acids is 2. The molecule has 0 aliphatic heterocycles. The molecule has 6 heteroatoms. The Morgan fingerprint density at radius 1 is 1.24 bits per heavy atom. The molecule has 0 saturated carbocycles. The number of rotatable bonds is 6. The standard InChI is InChI=1S/C19H27NO4S/c1-19(2,3)24-18(22)20-16(10-11-25-4)17(21)23-15-9-8-13-6-5-7-14(13)12-15/h8-9,12,16H,5-7,10-11H2,1-4H3,(H,20,22)/t16-/m0/s1. The van der Waals surface area contributed by atoms with E-state index in [0.717, 1.165) is 25.0 Å². The molecule has 0 radical (unpaired) electrons. The van der Waals surface area contributed by atoms with E-state index in [1.54, 1.807) is 32.5 Å². The van der Waals surface area contributed by atoms with Gasteiger partial charge in [-0.15, -0.1) is 0 Å². The van der Waals surface area contributed by atoms with Crippen molar-refractivity contribution in [2.45, 2.75) is 58.1 Å². The number of hydrogen-bond acceptors (Lipinski definition) is 5. The summed E-state index contributed by atoms with van der Waals surface area (Å²) in [6.07, 6.45) is 5.08. The lowest BCUT2D eigenvalue weighted by Gasteiger charge is -2.22. The van der Waals surface area contributed by atoms with E-state index in [-0.39, 0.29) is 0 Å². The summed E-state index contributed by atoms with van der Waals surface area (Å²) in [7, 11) is 0. The molecule has 1 aromatic rings. The van der Waals surface area contributed by atoms with E-state index < -0.39 is 23.7 Å². The molecule has 0 heterocycles. The van der Waals surface area contributed by atoms with Gasteiger partial charge in [-0.25, -0.2) is 9.59 Å². The number of ether oxygens (including phenoxy) is 2. The first-order valence-corrected chi connectivity index (χ1v) is 10.00. The van der Waals surface area contributed by atoms with Gasteiger partial charge in [0, 0.05) is 0 Å². The predicted octanol–water partition coefficient (Wildman–Crippen LogP) is 3.73. The van der Waals surface area contributed by atoms with E-state index in [1.165, 1.54) is 11.1 Å². The quantitative estimate of drug-likeness (QED) is 0.615. The first-order chi connectivity index (χ1) is 11.8. The summed E-state index contributed by atoms with van der Waals surface area (Å²) in [4.78, 5) is 24.5. The maximum Gasteiger partial charge on any atom is 0.408 e. The van der Waals surface area contributed by atoms with Crippen LogP contribution in [0.3, 0.4) is 0 Å². The second-order valence-corrected chi connectivity index (χ2v) is 8.17. The number of aryl methyl sites for hydroxylation is 2. The van der Waals surface area contributed by atoms with Crippen molar-refractivity contribution in [3.63, 3.8) is 0 Å². The summed E-state index contributed by atoms with van der Waals surface area (Å²) >= 11 is 1.61. The minimum atomic E-state index is -0.726. The maximum absolute atomic E-state index is 12.5. The van der Waals surface area contributed by atoms with Crippen molar-refractivity contribution in [3.05, 3.63) is 29.3 Å². The van der Waals surface area contributed by atoms with Gasteiger partial charge in [0.2, 0.25) is 0 Å². The van der Waals surface area contributed by atoms with Crippen molar-refractivity contribution in [3.8, 4) is 5.75 Å². The van der Waals surface area contributed by atoms with Crippen molar-refractivity contribution in [1.29, 1.82) is 0 Å². The molecular formula is C19H27NO4S. The van der Waals surface area contributed by atoms with Crippen molar-refractivity contribution >= 4 is 23.8 Å². The van der Waals surface area contributed by atoms with Gasteiger partial charge in [0.1, 0.15) is 17.4 Å². The minimum absolute atomic E-state index is 0.460. The molecule has 0 bridgehead atoms. The van der Waals surface area contributed by atoms with E-state index >= 15 is 0 Å². The number of esters is 1. The molecule has 1 aliphatic carbocycles. The fourth-order valence-electron chi connectivity index (χ4n) is 2.73. The molecule has 1 N–H and O–H groups in total. The van der Waals surface area contributed by atoms with Gasteiger partial charge in [-0.05, 0) is 81.7 Å². The molecule has 1 amide bonds. The summed E-state index contributed by atoms with van der Waals surface area (Å²) in [6.45, 7) is 5.35. The fourth-order valence-corrected chi connectivity index (χ4v) is 3.20. The van der Waals surface area contributed by atoms with Crippen LogP contribution in [-0.4, -0.2) is 35.7 Å². The lowest BCUT2D eigenvalue weighted by molar-refractivity contribution is -0.136. The molecule has 138 valence electrons. The Morgan fingerprint density at radius 3 is 2.64 bits per heavy atom. The molecule has 1 aromatic carbocycles. The Labute approximate surface area is 153 Å². The van der Waals surface area contributed by atoms with E-state index in [0.29, 0.717) is 12.2 Å². The molecule has 0 unspecified atom stereocenters. The highest BCUT2D eigenvalue weighted by Crippen LogP contribution is 2.26. The van der Waals surface area contributed by atoms with Crippen LogP contribution in [0.25, 0.3) is 0 Å². The lowest BCUT2D eigenvalue weighted by atomic mass is 10.1. The van der Waals surface area contributed by atoms with Gasteiger partial charge in [0.05, 0.1) is 0 Å². The van der Waals surface area contributed by atoms with Crippen LogP contribution < -0.4 is 10.1 Å². The number of amides is 1. The highest BCUT2D eigenvalue weighted by molar-refractivity contribution is 7.98. The minimum Gasteiger partial charge on any atom is -0.444 e.